The van der Waals surface area contributed by atoms with Gasteiger partial charge in [0.2, 0.25) is 0 Å². The average Bonchev–Trinajstić information content (AvgIpc) is 3.08. The first-order valence-corrected chi connectivity index (χ1v) is 11.5. The van der Waals surface area contributed by atoms with E-state index in [2.05, 4.69) is 9.94 Å². The van der Waals surface area contributed by atoms with Crippen LogP contribution in [0.15, 0.2) is 41.3 Å². The van der Waals surface area contributed by atoms with Crippen molar-refractivity contribution in [3.63, 3.8) is 0 Å². The molecule has 8 nitrogen and oxygen atoms in total. The molecule has 1 fully saturated rings. The third kappa shape index (κ3) is 5.90. The monoisotopic (exact) mass is 419 g/mol. The third-order valence-electron chi connectivity index (χ3n) is 5.10. The maximum Gasteiger partial charge on any atom is 0.294 e. The molecule has 1 aliphatic rings. The van der Waals surface area contributed by atoms with E-state index in [0.717, 1.165) is 17.8 Å². The number of benzene rings is 1. The normalized spacial score (nSPS) is 15.6. The molecule has 0 saturated heterocycles. The number of rotatable bonds is 8. The molecular weight excluding hydrogens is 394 g/mol. The fraction of sp³-hybridized carbons (Fsp3) is 0.450. The van der Waals surface area contributed by atoms with Gasteiger partial charge in [0.05, 0.1) is 16.3 Å². The van der Waals surface area contributed by atoms with Crippen LogP contribution in [-0.2, 0) is 21.2 Å². The molecule has 0 bridgehead atoms. The van der Waals surface area contributed by atoms with Gasteiger partial charge in [0.15, 0.2) is 9.84 Å². The van der Waals surface area contributed by atoms with Crippen LogP contribution in [0.4, 0.5) is 0 Å². The lowest BCUT2D eigenvalue weighted by molar-refractivity contribution is -0.755. The smallest absolute Gasteiger partial charge is 0.294 e. The van der Waals surface area contributed by atoms with Gasteiger partial charge in [-0.15, -0.1) is 10.1 Å². The van der Waals surface area contributed by atoms with E-state index < -0.39 is 14.9 Å². The Morgan fingerprint density at radius 3 is 2.55 bits per heavy atom. The molecule has 0 atom stereocenters. The minimum Gasteiger partial charge on any atom is -0.310 e. The molecule has 0 spiro atoms. The molecule has 1 aromatic heterocycles. The van der Waals surface area contributed by atoms with E-state index in [0.29, 0.717) is 11.6 Å². The summed E-state index contributed by atoms with van der Waals surface area (Å²) in [6.07, 6.45) is 10.5. The molecule has 1 saturated carbocycles. The standard InChI is InChI=1S/C20H25N3O5S/c1-29(26,27)19-11-9-17(10-12-19)20-14-18(8-5-13-28-23(24)25)21-22(20)15-16-6-3-2-4-7-16/h5,8-12,14,16H,2-4,6-7,13,15H2,1H3/b8-5+. The Morgan fingerprint density at radius 1 is 1.24 bits per heavy atom. The lowest BCUT2D eigenvalue weighted by Crippen LogP contribution is -2.15. The second-order valence-corrected chi connectivity index (χ2v) is 9.37. The van der Waals surface area contributed by atoms with Gasteiger partial charge in [-0.25, -0.2) is 8.42 Å². The van der Waals surface area contributed by atoms with Crippen molar-refractivity contribution in [3.05, 3.63) is 52.2 Å². The number of nitrogens with zero attached hydrogens (tertiary/aromatic N) is 3. The van der Waals surface area contributed by atoms with Gasteiger partial charge in [-0.3, -0.25) is 4.68 Å². The summed E-state index contributed by atoms with van der Waals surface area (Å²) in [6, 6.07) is 8.68. The van der Waals surface area contributed by atoms with Crippen LogP contribution in [0.5, 0.6) is 0 Å². The molecule has 3 rings (SSSR count). The lowest BCUT2D eigenvalue weighted by Gasteiger charge is -2.22. The molecule has 0 amide bonds. The first-order chi connectivity index (χ1) is 13.8. The fourth-order valence-electron chi connectivity index (χ4n) is 3.65. The van der Waals surface area contributed by atoms with E-state index >= 15 is 0 Å². The molecule has 0 unspecified atom stereocenters. The Balaban J connectivity index is 1.86. The van der Waals surface area contributed by atoms with E-state index in [-0.39, 0.29) is 11.5 Å². The zero-order chi connectivity index (χ0) is 20.9. The number of hydrogen-bond acceptors (Lipinski definition) is 6. The molecule has 0 aliphatic heterocycles. The SMILES string of the molecule is CS(=O)(=O)c1ccc(-c2cc(/C=C/CO[N+](=O)[O-])nn2CC2CCCCC2)cc1. The van der Waals surface area contributed by atoms with Gasteiger partial charge in [0.1, 0.15) is 6.61 Å². The second-order valence-electron chi connectivity index (χ2n) is 7.36. The Kier molecular flexibility index (Phi) is 6.68. The van der Waals surface area contributed by atoms with E-state index in [9.17, 15) is 18.5 Å². The van der Waals surface area contributed by atoms with E-state index in [1.54, 1.807) is 36.4 Å². The van der Waals surface area contributed by atoms with Crippen molar-refractivity contribution in [2.45, 2.75) is 43.5 Å². The molecule has 29 heavy (non-hydrogen) atoms. The summed E-state index contributed by atoms with van der Waals surface area (Å²) >= 11 is 0. The van der Waals surface area contributed by atoms with Gasteiger partial charge in [-0.05, 0) is 48.6 Å². The maximum absolute atomic E-state index is 11.7. The molecule has 1 aliphatic carbocycles. The molecule has 1 aromatic carbocycles. The summed E-state index contributed by atoms with van der Waals surface area (Å²) in [7, 11) is -3.25. The minimum atomic E-state index is -3.25. The van der Waals surface area contributed by atoms with Crippen LogP contribution >= 0.6 is 0 Å². The van der Waals surface area contributed by atoms with Gasteiger partial charge < -0.3 is 4.84 Å². The maximum atomic E-state index is 11.7. The fourth-order valence-corrected chi connectivity index (χ4v) is 4.28. The van der Waals surface area contributed by atoms with E-state index in [1.165, 1.54) is 38.4 Å². The Morgan fingerprint density at radius 2 is 1.93 bits per heavy atom. The number of hydrogen-bond donors (Lipinski definition) is 0. The summed E-state index contributed by atoms with van der Waals surface area (Å²) in [6.45, 7) is 0.656. The summed E-state index contributed by atoms with van der Waals surface area (Å²) < 4.78 is 25.4. The van der Waals surface area contributed by atoms with Crippen molar-refractivity contribution >= 4 is 15.9 Å². The first kappa shape index (κ1) is 21.0. The third-order valence-corrected chi connectivity index (χ3v) is 6.23. The molecular formula is C20H25N3O5S. The lowest BCUT2D eigenvalue weighted by atomic mass is 9.89. The van der Waals surface area contributed by atoms with Crippen LogP contribution in [0.1, 0.15) is 37.8 Å². The highest BCUT2D eigenvalue weighted by molar-refractivity contribution is 7.90. The zero-order valence-electron chi connectivity index (χ0n) is 16.4. The molecule has 9 heteroatoms. The van der Waals surface area contributed by atoms with Crippen LogP contribution in [0.25, 0.3) is 17.3 Å². The van der Waals surface area contributed by atoms with Crippen LogP contribution in [0, 0.1) is 16.0 Å². The molecule has 156 valence electrons. The van der Waals surface area contributed by atoms with Crippen molar-refractivity contribution in [2.24, 2.45) is 5.92 Å². The van der Waals surface area contributed by atoms with Crippen molar-refractivity contribution in [2.75, 3.05) is 12.9 Å². The van der Waals surface area contributed by atoms with Crippen LogP contribution in [0.3, 0.4) is 0 Å². The van der Waals surface area contributed by atoms with Gasteiger partial charge in [0.25, 0.3) is 5.09 Å². The minimum absolute atomic E-state index is 0.138. The predicted molar refractivity (Wildman–Crippen MR) is 109 cm³/mol. The highest BCUT2D eigenvalue weighted by atomic mass is 32.2. The van der Waals surface area contributed by atoms with Crippen molar-refractivity contribution < 1.29 is 18.3 Å². The summed E-state index contributed by atoms with van der Waals surface area (Å²) in [5, 5.41) is 14.1. The highest BCUT2D eigenvalue weighted by Crippen LogP contribution is 2.28. The van der Waals surface area contributed by atoms with Crippen LogP contribution in [0.2, 0.25) is 0 Å². The second kappa shape index (κ2) is 9.21. The van der Waals surface area contributed by atoms with Crippen molar-refractivity contribution in [3.8, 4) is 11.3 Å². The van der Waals surface area contributed by atoms with Gasteiger partial charge in [0, 0.05) is 12.8 Å². The zero-order valence-corrected chi connectivity index (χ0v) is 17.2. The quantitative estimate of drug-likeness (QED) is 0.477. The molecule has 0 radical (unpaired) electrons. The summed E-state index contributed by atoms with van der Waals surface area (Å²) in [5.41, 5.74) is 2.45. The van der Waals surface area contributed by atoms with Gasteiger partial charge in [-0.2, -0.15) is 5.10 Å². The predicted octanol–water partition coefficient (Wildman–Crippen LogP) is 3.76. The number of sulfone groups is 1. The van der Waals surface area contributed by atoms with E-state index in [4.69, 9.17) is 0 Å². The van der Waals surface area contributed by atoms with Gasteiger partial charge in [-0.1, -0.05) is 37.5 Å². The average molecular weight is 420 g/mol. The highest BCUT2D eigenvalue weighted by Gasteiger charge is 2.18. The largest absolute Gasteiger partial charge is 0.310 e. The van der Waals surface area contributed by atoms with Gasteiger partial charge >= 0.3 is 0 Å². The Hall–Kier alpha value is -2.68. The number of aromatic nitrogens is 2. The molecule has 2 aromatic rings. The van der Waals surface area contributed by atoms with Crippen LogP contribution in [-0.4, -0.2) is 36.1 Å². The summed E-state index contributed by atoms with van der Waals surface area (Å²) in [4.78, 5) is 14.8. The molecule has 0 N–H and O–H groups in total. The topological polar surface area (TPSA) is 104 Å². The summed E-state index contributed by atoms with van der Waals surface area (Å²) in [5.74, 6) is 0.562. The van der Waals surface area contributed by atoms with Crippen LogP contribution < -0.4 is 0 Å². The first-order valence-electron chi connectivity index (χ1n) is 9.65. The van der Waals surface area contributed by atoms with E-state index in [1.807, 2.05) is 10.7 Å². The van der Waals surface area contributed by atoms with Crippen molar-refractivity contribution in [1.29, 1.82) is 0 Å². The Labute approximate surface area is 170 Å². The Bertz CT molecular complexity index is 974. The molecule has 1 heterocycles. The van der Waals surface area contributed by atoms with Crippen molar-refractivity contribution in [1.82, 2.24) is 9.78 Å².